The third kappa shape index (κ3) is 2.56. The zero-order valence-electron chi connectivity index (χ0n) is 9.76. The Labute approximate surface area is 105 Å². The van der Waals surface area contributed by atoms with E-state index < -0.39 is 0 Å². The predicted molar refractivity (Wildman–Crippen MR) is 63.0 cm³/mol. The number of aromatic nitrogens is 2. The minimum atomic E-state index is -0.178. The highest BCUT2D eigenvalue weighted by molar-refractivity contribution is 6.29. The van der Waals surface area contributed by atoms with Crippen molar-refractivity contribution in [2.75, 3.05) is 13.7 Å². The number of amides is 1. The van der Waals surface area contributed by atoms with Crippen LogP contribution in [0.15, 0.2) is 12.4 Å². The average Bonchev–Trinajstić information content (AvgIpc) is 2.73. The first kappa shape index (κ1) is 12.3. The highest BCUT2D eigenvalue weighted by atomic mass is 35.5. The normalized spacial score (nSPS) is 23.7. The van der Waals surface area contributed by atoms with Gasteiger partial charge in [-0.15, -0.1) is 0 Å². The summed E-state index contributed by atoms with van der Waals surface area (Å²) in [7, 11) is 1.75. The second-order valence-corrected chi connectivity index (χ2v) is 4.46. The lowest BCUT2D eigenvalue weighted by Crippen LogP contribution is -2.41. The van der Waals surface area contributed by atoms with Crippen molar-refractivity contribution in [2.24, 2.45) is 0 Å². The number of carbonyl (C=O) groups is 1. The molecule has 0 aromatic carbocycles. The summed E-state index contributed by atoms with van der Waals surface area (Å²) < 4.78 is 5.44. The number of nitrogens with zero attached hydrogens (tertiary/aromatic N) is 3. The van der Waals surface area contributed by atoms with E-state index in [2.05, 4.69) is 9.97 Å². The van der Waals surface area contributed by atoms with Gasteiger partial charge in [0.15, 0.2) is 0 Å². The fourth-order valence-electron chi connectivity index (χ4n) is 2.01. The van der Waals surface area contributed by atoms with Gasteiger partial charge in [-0.1, -0.05) is 11.6 Å². The van der Waals surface area contributed by atoms with Gasteiger partial charge in [0, 0.05) is 13.7 Å². The van der Waals surface area contributed by atoms with E-state index in [-0.39, 0.29) is 28.9 Å². The van der Waals surface area contributed by atoms with Gasteiger partial charge in [-0.25, -0.2) is 4.98 Å². The summed E-state index contributed by atoms with van der Waals surface area (Å²) in [6, 6.07) is 0.0864. The molecule has 0 bridgehead atoms. The summed E-state index contributed by atoms with van der Waals surface area (Å²) in [5.74, 6) is -0.178. The van der Waals surface area contributed by atoms with Crippen LogP contribution in [0.4, 0.5) is 0 Å². The van der Waals surface area contributed by atoms with Gasteiger partial charge in [0.1, 0.15) is 10.8 Å². The number of hydrogen-bond acceptors (Lipinski definition) is 4. The first-order chi connectivity index (χ1) is 8.09. The smallest absolute Gasteiger partial charge is 0.274 e. The van der Waals surface area contributed by atoms with Crippen LogP contribution < -0.4 is 0 Å². The van der Waals surface area contributed by atoms with Crippen LogP contribution in [-0.2, 0) is 4.74 Å². The quantitative estimate of drug-likeness (QED) is 0.801. The van der Waals surface area contributed by atoms with E-state index in [4.69, 9.17) is 16.3 Å². The molecule has 1 aliphatic heterocycles. The Balaban J connectivity index is 2.14. The van der Waals surface area contributed by atoms with Crippen molar-refractivity contribution >= 4 is 17.5 Å². The van der Waals surface area contributed by atoms with Gasteiger partial charge in [-0.3, -0.25) is 9.78 Å². The fourth-order valence-corrected chi connectivity index (χ4v) is 2.15. The highest BCUT2D eigenvalue weighted by Crippen LogP contribution is 2.19. The molecule has 1 amide bonds. The summed E-state index contributed by atoms with van der Waals surface area (Å²) in [4.78, 5) is 21.6. The van der Waals surface area contributed by atoms with E-state index in [0.717, 1.165) is 6.42 Å². The Morgan fingerprint density at radius 1 is 1.59 bits per heavy atom. The zero-order valence-corrected chi connectivity index (χ0v) is 10.5. The van der Waals surface area contributed by atoms with E-state index >= 15 is 0 Å². The van der Waals surface area contributed by atoms with Gasteiger partial charge in [0.25, 0.3) is 5.91 Å². The van der Waals surface area contributed by atoms with Crippen molar-refractivity contribution < 1.29 is 9.53 Å². The Bertz CT molecular complexity index is 427. The lowest BCUT2D eigenvalue weighted by molar-refractivity contribution is 0.0569. The standard InChI is InChI=1S/C11H14ClN3O2/c1-7-9(3-4-17-7)15(2)11(16)8-5-13-6-10(12)14-8/h5-7,9H,3-4H2,1-2H3. The molecule has 6 heteroatoms. The van der Waals surface area contributed by atoms with Crippen LogP contribution in [0.3, 0.4) is 0 Å². The van der Waals surface area contributed by atoms with E-state index in [1.807, 2.05) is 6.92 Å². The molecule has 0 aliphatic carbocycles. The van der Waals surface area contributed by atoms with E-state index in [1.54, 1.807) is 11.9 Å². The molecule has 1 aromatic rings. The third-order valence-corrected chi connectivity index (χ3v) is 3.16. The molecular weight excluding hydrogens is 242 g/mol. The molecule has 0 N–H and O–H groups in total. The van der Waals surface area contributed by atoms with Crippen molar-refractivity contribution in [1.82, 2.24) is 14.9 Å². The molecule has 1 saturated heterocycles. The fraction of sp³-hybridized carbons (Fsp3) is 0.545. The lowest BCUT2D eigenvalue weighted by atomic mass is 10.1. The van der Waals surface area contributed by atoms with Gasteiger partial charge < -0.3 is 9.64 Å². The van der Waals surface area contributed by atoms with Crippen LogP contribution in [0.2, 0.25) is 5.15 Å². The van der Waals surface area contributed by atoms with E-state index in [1.165, 1.54) is 12.4 Å². The zero-order chi connectivity index (χ0) is 12.4. The van der Waals surface area contributed by atoms with E-state index in [0.29, 0.717) is 6.61 Å². The van der Waals surface area contributed by atoms with Gasteiger partial charge in [-0.05, 0) is 13.3 Å². The van der Waals surface area contributed by atoms with Gasteiger partial charge in [-0.2, -0.15) is 0 Å². The molecule has 2 rings (SSSR count). The van der Waals surface area contributed by atoms with Crippen LogP contribution >= 0.6 is 11.6 Å². The van der Waals surface area contributed by atoms with Crippen LogP contribution in [0.25, 0.3) is 0 Å². The summed E-state index contributed by atoms with van der Waals surface area (Å²) in [6.07, 6.45) is 3.72. The molecule has 0 radical (unpaired) electrons. The van der Waals surface area contributed by atoms with E-state index in [9.17, 15) is 4.79 Å². The number of rotatable bonds is 2. The average molecular weight is 256 g/mol. The second-order valence-electron chi connectivity index (χ2n) is 4.08. The molecule has 2 heterocycles. The maximum absolute atomic E-state index is 12.1. The maximum Gasteiger partial charge on any atom is 0.274 e. The van der Waals surface area contributed by atoms with Crippen molar-refractivity contribution in [2.45, 2.75) is 25.5 Å². The number of carbonyl (C=O) groups excluding carboxylic acids is 1. The molecule has 2 unspecified atom stereocenters. The number of ether oxygens (including phenoxy) is 1. The number of likely N-dealkylation sites (N-methyl/N-ethyl adjacent to an activating group) is 1. The predicted octanol–water partition coefficient (Wildman–Crippen LogP) is 1.38. The summed E-state index contributed by atoms with van der Waals surface area (Å²) in [6.45, 7) is 2.65. The minimum Gasteiger partial charge on any atom is -0.376 e. The first-order valence-electron chi connectivity index (χ1n) is 5.46. The summed E-state index contributed by atoms with van der Waals surface area (Å²) >= 11 is 5.71. The third-order valence-electron chi connectivity index (χ3n) is 2.98. The first-order valence-corrected chi connectivity index (χ1v) is 5.83. The van der Waals surface area contributed by atoms with Crippen LogP contribution in [0.5, 0.6) is 0 Å². The van der Waals surface area contributed by atoms with Crippen molar-refractivity contribution in [3.8, 4) is 0 Å². The molecule has 0 saturated carbocycles. The molecule has 0 spiro atoms. The molecule has 92 valence electrons. The molecular formula is C11H14ClN3O2. The van der Waals surface area contributed by atoms with Crippen molar-refractivity contribution in [3.05, 3.63) is 23.2 Å². The molecule has 1 fully saturated rings. The molecule has 2 atom stereocenters. The summed E-state index contributed by atoms with van der Waals surface area (Å²) in [5.41, 5.74) is 0.263. The lowest BCUT2D eigenvalue weighted by Gasteiger charge is -2.26. The Morgan fingerprint density at radius 2 is 2.35 bits per heavy atom. The Morgan fingerprint density at radius 3 is 2.94 bits per heavy atom. The summed E-state index contributed by atoms with van der Waals surface area (Å²) in [5, 5.41) is 0.222. The largest absolute Gasteiger partial charge is 0.376 e. The van der Waals surface area contributed by atoms with Crippen LogP contribution in [-0.4, -0.2) is 46.6 Å². The minimum absolute atomic E-state index is 0.0519. The van der Waals surface area contributed by atoms with Gasteiger partial charge in [0.2, 0.25) is 0 Å². The molecule has 1 aliphatic rings. The maximum atomic E-state index is 12.1. The van der Waals surface area contributed by atoms with Crippen molar-refractivity contribution in [1.29, 1.82) is 0 Å². The number of halogens is 1. The highest BCUT2D eigenvalue weighted by Gasteiger charge is 2.31. The van der Waals surface area contributed by atoms with Gasteiger partial charge in [0.05, 0.1) is 24.5 Å². The SMILES string of the molecule is CC1OCCC1N(C)C(=O)c1cncc(Cl)n1. The Hall–Kier alpha value is -1.20. The second kappa shape index (κ2) is 4.98. The molecule has 17 heavy (non-hydrogen) atoms. The number of hydrogen-bond donors (Lipinski definition) is 0. The van der Waals surface area contributed by atoms with Gasteiger partial charge >= 0.3 is 0 Å². The molecule has 5 nitrogen and oxygen atoms in total. The van der Waals surface area contributed by atoms with Crippen LogP contribution in [0, 0.1) is 0 Å². The van der Waals surface area contributed by atoms with Crippen LogP contribution in [0.1, 0.15) is 23.8 Å². The van der Waals surface area contributed by atoms with Crippen molar-refractivity contribution in [3.63, 3.8) is 0 Å². The topological polar surface area (TPSA) is 55.3 Å². The monoisotopic (exact) mass is 255 g/mol. The Kier molecular flexibility index (Phi) is 3.59. The molecule has 1 aromatic heterocycles.